The topological polar surface area (TPSA) is 81.9 Å². The Morgan fingerprint density at radius 2 is 1.92 bits per heavy atom. The van der Waals surface area contributed by atoms with E-state index in [0.29, 0.717) is 10.8 Å². The Balaban J connectivity index is 1.63. The Morgan fingerprint density at radius 3 is 2.58 bits per heavy atom. The van der Waals surface area contributed by atoms with E-state index in [2.05, 4.69) is 0 Å². The molecule has 0 saturated heterocycles. The van der Waals surface area contributed by atoms with Crippen molar-refractivity contribution in [1.29, 1.82) is 0 Å². The van der Waals surface area contributed by atoms with Gasteiger partial charge in [0.25, 0.3) is 0 Å². The quantitative estimate of drug-likeness (QED) is 0.799. The number of urea groups is 1. The van der Waals surface area contributed by atoms with Crippen molar-refractivity contribution in [3.63, 3.8) is 0 Å². The molecule has 1 saturated carbocycles. The molecule has 2 aromatic carbocycles. The van der Waals surface area contributed by atoms with Crippen molar-refractivity contribution in [1.82, 2.24) is 5.06 Å². The number of primary amides is 1. The van der Waals surface area contributed by atoms with Crippen molar-refractivity contribution < 1.29 is 19.2 Å². The van der Waals surface area contributed by atoms with Crippen molar-refractivity contribution in [3.8, 4) is 11.5 Å². The molecule has 7 heteroatoms. The van der Waals surface area contributed by atoms with Gasteiger partial charge in [0.1, 0.15) is 11.5 Å². The molecule has 1 aliphatic rings. The predicted octanol–water partition coefficient (Wildman–Crippen LogP) is 4.09. The number of nitrogens with two attached hydrogens (primary N) is 1. The molecule has 3 rings (SSSR count). The Hall–Kier alpha value is -2.73. The molecule has 0 radical (unpaired) electrons. The fourth-order valence-electron chi connectivity index (χ4n) is 2.85. The summed E-state index contributed by atoms with van der Waals surface area (Å²) in [4.78, 5) is 27.3. The summed E-state index contributed by atoms with van der Waals surface area (Å²) in [6.07, 6.45) is 0.884. The summed E-state index contributed by atoms with van der Waals surface area (Å²) in [7, 11) is 0. The molecule has 6 nitrogen and oxygen atoms in total. The SMILES string of the molecule is CC(=O)ON(C[C@@H]1C[C@H]1c1cccc(Oc2ccc(Cl)cc2)c1)C(N)=O. The summed E-state index contributed by atoms with van der Waals surface area (Å²) in [5.41, 5.74) is 6.35. The van der Waals surface area contributed by atoms with Crippen molar-refractivity contribution in [3.05, 3.63) is 59.1 Å². The highest BCUT2D eigenvalue weighted by atomic mass is 35.5. The molecule has 0 spiro atoms. The zero-order chi connectivity index (χ0) is 18.7. The molecule has 0 aliphatic heterocycles. The highest BCUT2D eigenvalue weighted by Crippen LogP contribution is 2.48. The number of benzene rings is 2. The molecule has 2 amide bonds. The molecule has 26 heavy (non-hydrogen) atoms. The Morgan fingerprint density at radius 1 is 1.19 bits per heavy atom. The van der Waals surface area contributed by atoms with Crippen LogP contribution in [0.4, 0.5) is 4.79 Å². The Labute approximate surface area is 156 Å². The summed E-state index contributed by atoms with van der Waals surface area (Å²) in [6.45, 7) is 1.51. The number of ether oxygens (including phenoxy) is 1. The number of hydroxylamine groups is 2. The number of nitrogens with zero attached hydrogens (tertiary/aromatic N) is 1. The molecule has 0 unspecified atom stereocenters. The lowest BCUT2D eigenvalue weighted by atomic mass is 10.1. The first-order valence-corrected chi connectivity index (χ1v) is 8.59. The Kier molecular flexibility index (Phi) is 5.32. The fourth-order valence-corrected chi connectivity index (χ4v) is 2.97. The average molecular weight is 375 g/mol. The number of hydrogen-bond donors (Lipinski definition) is 1. The van der Waals surface area contributed by atoms with Crippen LogP contribution in [0.5, 0.6) is 11.5 Å². The minimum absolute atomic E-state index is 0.188. The van der Waals surface area contributed by atoms with E-state index in [-0.39, 0.29) is 18.4 Å². The summed E-state index contributed by atoms with van der Waals surface area (Å²) in [6, 6.07) is 14.2. The van der Waals surface area contributed by atoms with Crippen molar-refractivity contribution in [2.24, 2.45) is 11.7 Å². The van der Waals surface area contributed by atoms with E-state index in [9.17, 15) is 9.59 Å². The molecule has 2 atom stereocenters. The van der Waals surface area contributed by atoms with Crippen molar-refractivity contribution >= 4 is 23.6 Å². The van der Waals surface area contributed by atoms with Gasteiger partial charge in [-0.2, -0.15) is 5.06 Å². The molecule has 2 aromatic rings. The first kappa shape index (κ1) is 18.1. The van der Waals surface area contributed by atoms with Gasteiger partial charge in [0.05, 0.1) is 6.54 Å². The smallest absolute Gasteiger partial charge is 0.348 e. The third kappa shape index (κ3) is 4.67. The highest BCUT2D eigenvalue weighted by molar-refractivity contribution is 6.30. The van der Waals surface area contributed by atoms with Crippen LogP contribution in [0.1, 0.15) is 24.8 Å². The van der Waals surface area contributed by atoms with Gasteiger partial charge < -0.3 is 15.3 Å². The lowest BCUT2D eigenvalue weighted by molar-refractivity contribution is -0.174. The van der Waals surface area contributed by atoms with Crippen LogP contribution in [0.25, 0.3) is 0 Å². The first-order valence-electron chi connectivity index (χ1n) is 8.21. The van der Waals surface area contributed by atoms with Crippen molar-refractivity contribution in [2.45, 2.75) is 19.3 Å². The largest absolute Gasteiger partial charge is 0.457 e. The third-order valence-corrected chi connectivity index (χ3v) is 4.40. The third-order valence-electron chi connectivity index (χ3n) is 4.14. The van der Waals surface area contributed by atoms with Crippen LogP contribution in [-0.4, -0.2) is 23.6 Å². The summed E-state index contributed by atoms with van der Waals surface area (Å²) < 4.78 is 5.85. The maximum absolute atomic E-state index is 11.4. The lowest BCUT2D eigenvalue weighted by Gasteiger charge is -2.17. The minimum atomic E-state index is -0.773. The normalized spacial score (nSPS) is 18.1. The Bertz CT molecular complexity index is 809. The van der Waals surface area contributed by atoms with Gasteiger partial charge in [0, 0.05) is 11.9 Å². The van der Waals surface area contributed by atoms with Gasteiger partial charge in [0.2, 0.25) is 0 Å². The average Bonchev–Trinajstić information content (AvgIpc) is 3.35. The monoisotopic (exact) mass is 374 g/mol. The fraction of sp³-hybridized carbons (Fsp3) is 0.263. The molecule has 136 valence electrons. The second-order valence-corrected chi connectivity index (χ2v) is 6.65. The predicted molar refractivity (Wildman–Crippen MR) is 96.9 cm³/mol. The maximum Gasteiger partial charge on any atom is 0.348 e. The van der Waals surface area contributed by atoms with Crippen LogP contribution in [0, 0.1) is 5.92 Å². The van der Waals surface area contributed by atoms with Crippen LogP contribution in [0.2, 0.25) is 5.02 Å². The second-order valence-electron chi connectivity index (χ2n) is 6.21. The first-order chi connectivity index (χ1) is 12.4. The summed E-state index contributed by atoms with van der Waals surface area (Å²) >= 11 is 5.88. The number of rotatable bonds is 5. The molecule has 0 aromatic heterocycles. The minimum Gasteiger partial charge on any atom is -0.457 e. The zero-order valence-corrected chi connectivity index (χ0v) is 15.0. The van der Waals surface area contributed by atoms with E-state index < -0.39 is 12.0 Å². The van der Waals surface area contributed by atoms with Crippen molar-refractivity contribution in [2.75, 3.05) is 6.54 Å². The zero-order valence-electron chi connectivity index (χ0n) is 14.2. The molecule has 0 heterocycles. The van der Waals surface area contributed by atoms with Gasteiger partial charge >= 0.3 is 12.0 Å². The molecular weight excluding hydrogens is 356 g/mol. The van der Waals surface area contributed by atoms with E-state index in [0.717, 1.165) is 22.8 Å². The number of carbonyl (C=O) groups excluding carboxylic acids is 2. The number of carbonyl (C=O) groups is 2. The second kappa shape index (κ2) is 7.66. The maximum atomic E-state index is 11.4. The van der Waals surface area contributed by atoms with Crippen LogP contribution >= 0.6 is 11.6 Å². The van der Waals surface area contributed by atoms with Crippen LogP contribution in [0.3, 0.4) is 0 Å². The van der Waals surface area contributed by atoms with E-state index in [1.54, 1.807) is 24.3 Å². The number of hydrogen-bond acceptors (Lipinski definition) is 4. The van der Waals surface area contributed by atoms with Crippen LogP contribution in [-0.2, 0) is 9.63 Å². The van der Waals surface area contributed by atoms with E-state index in [1.165, 1.54) is 6.92 Å². The molecule has 1 aliphatic carbocycles. The standard InChI is InChI=1S/C19H19ClN2O4/c1-12(23)26-22(19(21)24)11-14-10-18(14)13-3-2-4-17(9-13)25-16-7-5-15(20)6-8-16/h2-9,14,18H,10-11H2,1H3,(H2,21,24)/t14-,18-/m0/s1. The summed E-state index contributed by atoms with van der Waals surface area (Å²) in [5.74, 6) is 1.31. The van der Waals surface area contributed by atoms with Gasteiger partial charge in [-0.3, -0.25) is 4.79 Å². The van der Waals surface area contributed by atoms with Crippen LogP contribution in [0.15, 0.2) is 48.5 Å². The van der Waals surface area contributed by atoms with Gasteiger partial charge in [-0.1, -0.05) is 23.7 Å². The van der Waals surface area contributed by atoms with E-state index >= 15 is 0 Å². The lowest BCUT2D eigenvalue weighted by Crippen LogP contribution is -2.38. The molecule has 0 bridgehead atoms. The van der Waals surface area contributed by atoms with Gasteiger partial charge in [-0.25, -0.2) is 4.79 Å². The van der Waals surface area contributed by atoms with Gasteiger partial charge in [-0.15, -0.1) is 0 Å². The van der Waals surface area contributed by atoms with Gasteiger partial charge in [0.15, 0.2) is 0 Å². The summed E-state index contributed by atoms with van der Waals surface area (Å²) in [5, 5.41) is 1.57. The van der Waals surface area contributed by atoms with Crippen LogP contribution < -0.4 is 10.5 Å². The number of amides is 2. The van der Waals surface area contributed by atoms with Gasteiger partial charge in [-0.05, 0) is 60.2 Å². The highest BCUT2D eigenvalue weighted by Gasteiger charge is 2.41. The molecule has 1 fully saturated rings. The van der Waals surface area contributed by atoms with E-state index in [1.807, 2.05) is 24.3 Å². The van der Waals surface area contributed by atoms with E-state index in [4.69, 9.17) is 26.9 Å². The number of halogens is 1. The molecule has 2 N–H and O–H groups in total. The molecular formula is C19H19ClN2O4.